The van der Waals surface area contributed by atoms with E-state index in [2.05, 4.69) is 20.1 Å². The molecular weight excluding hydrogens is 348 g/mol. The summed E-state index contributed by atoms with van der Waals surface area (Å²) in [6, 6.07) is 0. The first-order chi connectivity index (χ1) is 12.9. The molecule has 0 atom stereocenters. The third-order valence-corrected chi connectivity index (χ3v) is 3.35. The second kappa shape index (κ2) is 26.6. The van der Waals surface area contributed by atoms with Crippen LogP contribution in [0.2, 0.25) is 0 Å². The molecule has 0 amide bonds. The second-order valence-corrected chi connectivity index (χ2v) is 6.09. The van der Waals surface area contributed by atoms with Gasteiger partial charge in [-0.2, -0.15) is 0 Å². The zero-order chi connectivity index (χ0) is 21.3. The Kier molecular flexibility index (Phi) is 29.6. The lowest BCUT2D eigenvalue weighted by Gasteiger charge is -2.04. The van der Waals surface area contributed by atoms with Gasteiger partial charge in [-0.1, -0.05) is 77.9 Å². The van der Waals surface area contributed by atoms with Crippen LogP contribution in [-0.2, 0) is 14.3 Å². The number of hydrogen-bond acceptors (Lipinski definition) is 5. The van der Waals surface area contributed by atoms with Crippen molar-refractivity contribution >= 4 is 11.9 Å². The Labute approximate surface area is 164 Å². The summed E-state index contributed by atoms with van der Waals surface area (Å²) in [4.78, 5) is 20.3. The van der Waals surface area contributed by atoms with Crippen LogP contribution in [0.1, 0.15) is 78.1 Å². The maximum atomic E-state index is 11.1. The van der Waals surface area contributed by atoms with E-state index < -0.39 is 5.97 Å². The van der Waals surface area contributed by atoms with E-state index in [-0.39, 0.29) is 19.2 Å². The third-order valence-electron chi connectivity index (χ3n) is 3.35. The molecule has 0 aliphatic rings. The minimum atomic E-state index is -0.981. The number of aliphatic hydroxyl groups is 2. The lowest BCUT2D eigenvalue weighted by Crippen LogP contribution is -2.05. The minimum absolute atomic E-state index is 0.125. The number of carboxylic acids is 1. The van der Waals surface area contributed by atoms with Crippen LogP contribution in [0.4, 0.5) is 0 Å². The Morgan fingerprint density at radius 3 is 1.56 bits per heavy atom. The summed E-state index contributed by atoms with van der Waals surface area (Å²) in [7, 11) is 0. The van der Waals surface area contributed by atoms with E-state index in [4.69, 9.17) is 20.1 Å². The number of carbonyl (C=O) groups excluding carboxylic acids is 1. The molecule has 0 aromatic rings. The monoisotopic (exact) mass is 388 g/mol. The van der Waals surface area contributed by atoms with Gasteiger partial charge in [0.05, 0.1) is 19.8 Å². The number of ether oxygens (including phenoxy) is 1. The van der Waals surface area contributed by atoms with Gasteiger partial charge in [-0.05, 0) is 13.3 Å². The number of aliphatic carboxylic acids is 1. The molecule has 0 unspecified atom stereocenters. The van der Waals surface area contributed by atoms with Gasteiger partial charge in [-0.3, -0.25) is 0 Å². The number of aliphatic hydroxyl groups excluding tert-OH is 2. The normalized spacial score (nSPS) is 9.19. The molecule has 0 heterocycles. The summed E-state index contributed by atoms with van der Waals surface area (Å²) in [5, 5.41) is 22.9. The first-order valence-electron chi connectivity index (χ1n) is 9.76. The molecule has 27 heavy (non-hydrogen) atoms. The summed E-state index contributed by atoms with van der Waals surface area (Å²) >= 11 is 0. The van der Waals surface area contributed by atoms with Crippen molar-refractivity contribution in [3.05, 3.63) is 24.8 Å². The number of carbonyl (C=O) groups is 2. The fourth-order valence-corrected chi connectivity index (χ4v) is 1.88. The van der Waals surface area contributed by atoms with Crippen molar-refractivity contribution in [2.45, 2.75) is 78.1 Å². The van der Waals surface area contributed by atoms with Crippen LogP contribution in [0.25, 0.3) is 0 Å². The van der Waals surface area contributed by atoms with Crippen LogP contribution < -0.4 is 0 Å². The highest BCUT2D eigenvalue weighted by atomic mass is 16.5. The molecule has 0 radical (unpaired) electrons. The maximum Gasteiger partial charge on any atom is 0.333 e. The summed E-state index contributed by atoms with van der Waals surface area (Å²) in [5.41, 5.74) is 0.488. The minimum Gasteiger partial charge on any atom is -0.478 e. The Balaban J connectivity index is -0.000000528. The Morgan fingerprint density at radius 1 is 0.889 bits per heavy atom. The van der Waals surface area contributed by atoms with Crippen molar-refractivity contribution in [1.82, 2.24) is 0 Å². The molecule has 0 bridgehead atoms. The quantitative estimate of drug-likeness (QED) is 0.233. The molecule has 0 rings (SSSR count). The Bertz CT molecular complexity index is 364. The van der Waals surface area contributed by atoms with Crippen LogP contribution in [0.15, 0.2) is 24.8 Å². The molecule has 0 spiro atoms. The van der Waals surface area contributed by atoms with Crippen molar-refractivity contribution in [3.63, 3.8) is 0 Å². The Hall–Kier alpha value is -1.66. The second-order valence-electron chi connectivity index (χ2n) is 6.09. The van der Waals surface area contributed by atoms with E-state index in [9.17, 15) is 9.59 Å². The third kappa shape index (κ3) is 36.1. The van der Waals surface area contributed by atoms with Crippen molar-refractivity contribution in [2.24, 2.45) is 0 Å². The largest absolute Gasteiger partial charge is 0.478 e. The van der Waals surface area contributed by atoms with Gasteiger partial charge < -0.3 is 20.1 Å². The number of carboxylic acid groups (broad SMARTS) is 1. The molecular formula is C21H40O6. The summed E-state index contributed by atoms with van der Waals surface area (Å²) < 4.78 is 5.04. The molecule has 3 N–H and O–H groups in total. The van der Waals surface area contributed by atoms with E-state index in [1.807, 2.05) is 0 Å². The highest BCUT2D eigenvalue weighted by Gasteiger charge is 2.01. The highest BCUT2D eigenvalue weighted by molar-refractivity contribution is 5.86. The van der Waals surface area contributed by atoms with Crippen molar-refractivity contribution < 1.29 is 29.6 Å². The first kappa shape index (κ1) is 30.1. The number of hydrogen-bond donors (Lipinski definition) is 3. The van der Waals surface area contributed by atoms with Gasteiger partial charge in [0.2, 0.25) is 0 Å². The van der Waals surface area contributed by atoms with E-state index in [1.54, 1.807) is 6.92 Å². The standard InChI is InChI=1S/C16H30O2.C3H4O2.C2H6O2/c1-4-5-6-7-8-9-10-11-12-13-14-18-16(17)15(2)3;1-2-3(4)5;3-1-2-4/h2,4-14H2,1,3H3;2H,1H2,(H,4,5);3-4H,1-2H2. The van der Waals surface area contributed by atoms with Crippen LogP contribution in [-0.4, -0.2) is 47.1 Å². The SMILES string of the molecule is C=C(C)C(=O)OCCCCCCCCCCCC.C=CC(=O)O.OCCO. The van der Waals surface area contributed by atoms with Crippen molar-refractivity contribution in [3.8, 4) is 0 Å². The topological polar surface area (TPSA) is 104 Å². The summed E-state index contributed by atoms with van der Waals surface area (Å²) in [6.07, 6.45) is 13.8. The predicted molar refractivity (Wildman–Crippen MR) is 110 cm³/mol. The zero-order valence-electron chi connectivity index (χ0n) is 17.3. The molecule has 0 aromatic carbocycles. The number of rotatable bonds is 14. The lowest BCUT2D eigenvalue weighted by molar-refractivity contribution is -0.139. The summed E-state index contributed by atoms with van der Waals surface area (Å²) in [5.74, 6) is -1.24. The van der Waals surface area contributed by atoms with Crippen LogP contribution in [0.3, 0.4) is 0 Å². The smallest absolute Gasteiger partial charge is 0.333 e. The van der Waals surface area contributed by atoms with E-state index in [0.29, 0.717) is 12.2 Å². The van der Waals surface area contributed by atoms with Crippen LogP contribution in [0.5, 0.6) is 0 Å². The van der Waals surface area contributed by atoms with Crippen LogP contribution in [0, 0.1) is 0 Å². The first-order valence-corrected chi connectivity index (χ1v) is 9.76. The van der Waals surface area contributed by atoms with E-state index >= 15 is 0 Å². The van der Waals surface area contributed by atoms with Gasteiger partial charge in [0.25, 0.3) is 0 Å². The zero-order valence-corrected chi connectivity index (χ0v) is 17.3. The maximum absolute atomic E-state index is 11.1. The molecule has 6 nitrogen and oxygen atoms in total. The molecule has 0 aliphatic carbocycles. The van der Waals surface area contributed by atoms with Crippen molar-refractivity contribution in [2.75, 3.05) is 19.8 Å². The molecule has 0 saturated carbocycles. The predicted octanol–water partition coefficient (Wildman–Crippen LogP) is 4.25. The fraction of sp³-hybridized carbons (Fsp3) is 0.714. The van der Waals surface area contributed by atoms with E-state index in [0.717, 1.165) is 12.5 Å². The summed E-state index contributed by atoms with van der Waals surface area (Å²) in [6.45, 7) is 10.7. The molecule has 0 saturated heterocycles. The number of esters is 1. The lowest BCUT2D eigenvalue weighted by atomic mass is 10.1. The Morgan fingerprint density at radius 2 is 1.26 bits per heavy atom. The highest BCUT2D eigenvalue weighted by Crippen LogP contribution is 2.10. The molecule has 6 heteroatoms. The fourth-order valence-electron chi connectivity index (χ4n) is 1.88. The van der Waals surface area contributed by atoms with Gasteiger partial charge in [-0.15, -0.1) is 0 Å². The number of unbranched alkanes of at least 4 members (excludes halogenated alkanes) is 9. The van der Waals surface area contributed by atoms with Gasteiger partial charge in [0.15, 0.2) is 0 Å². The average molecular weight is 389 g/mol. The van der Waals surface area contributed by atoms with E-state index in [1.165, 1.54) is 57.8 Å². The van der Waals surface area contributed by atoms with Crippen LogP contribution >= 0.6 is 0 Å². The average Bonchev–Trinajstić information content (AvgIpc) is 2.66. The van der Waals surface area contributed by atoms with Gasteiger partial charge in [0, 0.05) is 11.6 Å². The molecule has 0 aromatic heterocycles. The molecule has 160 valence electrons. The van der Waals surface area contributed by atoms with Gasteiger partial charge >= 0.3 is 11.9 Å². The molecule has 0 aliphatic heterocycles. The van der Waals surface area contributed by atoms with Crippen molar-refractivity contribution in [1.29, 1.82) is 0 Å². The van der Waals surface area contributed by atoms with Gasteiger partial charge in [0.1, 0.15) is 0 Å². The van der Waals surface area contributed by atoms with Gasteiger partial charge in [-0.25, -0.2) is 9.59 Å². The molecule has 0 fully saturated rings.